The summed E-state index contributed by atoms with van der Waals surface area (Å²) in [6.07, 6.45) is -6.22. The molecule has 40 heavy (non-hydrogen) atoms. The second-order valence-electron chi connectivity index (χ2n) is 9.09. The van der Waals surface area contributed by atoms with Crippen molar-refractivity contribution in [1.29, 1.82) is 0 Å². The van der Waals surface area contributed by atoms with E-state index in [0.29, 0.717) is 23.4 Å². The number of pyridine rings is 1. The van der Waals surface area contributed by atoms with E-state index < -0.39 is 54.2 Å². The standard InChI is InChI=1S/C28H24F6N4O2/c1-35-26(40)38(21-8-10-36-11-9-21)24(14-18-16-37-23-5-3-2-4-22(18)23)25(39)7-6-17-12-19(27(29,30)31)15-20(13-17)28(32,33)34/h2-5,8-13,15-16,24,37H,6-7,14H2,1H3,(H,35,40). The Bertz CT molecular complexity index is 1470. The normalized spacial score (nSPS) is 12.8. The maximum Gasteiger partial charge on any atom is 0.416 e. The van der Waals surface area contributed by atoms with Crippen LogP contribution in [0, 0.1) is 0 Å². The number of aromatic amines is 1. The molecule has 0 saturated carbocycles. The molecule has 2 aromatic carbocycles. The summed E-state index contributed by atoms with van der Waals surface area (Å²) in [5, 5.41) is 3.30. The number of alkyl halides is 6. The van der Waals surface area contributed by atoms with Crippen LogP contribution in [0.5, 0.6) is 0 Å². The lowest BCUT2D eigenvalue weighted by atomic mass is 9.94. The molecule has 0 aliphatic carbocycles. The molecule has 0 spiro atoms. The van der Waals surface area contributed by atoms with E-state index in [1.807, 2.05) is 24.3 Å². The van der Waals surface area contributed by atoms with E-state index in [1.165, 1.54) is 36.5 Å². The molecule has 2 aromatic heterocycles. The Morgan fingerprint density at radius 3 is 2.17 bits per heavy atom. The van der Waals surface area contributed by atoms with E-state index in [2.05, 4.69) is 15.3 Å². The summed E-state index contributed by atoms with van der Waals surface area (Å²) in [5.41, 5.74) is -1.37. The van der Waals surface area contributed by atoms with Gasteiger partial charge in [0.1, 0.15) is 6.04 Å². The zero-order chi connectivity index (χ0) is 29.1. The number of aromatic nitrogens is 2. The molecule has 210 valence electrons. The molecule has 1 atom stereocenters. The number of carbonyl (C=O) groups excluding carboxylic acids is 2. The number of rotatable bonds is 8. The molecule has 4 rings (SSSR count). The summed E-state index contributed by atoms with van der Waals surface area (Å²) in [4.78, 5) is 35.0. The predicted molar refractivity (Wildman–Crippen MR) is 137 cm³/mol. The maximum absolute atomic E-state index is 13.7. The Balaban J connectivity index is 1.70. The number of nitrogens with zero attached hydrogens (tertiary/aromatic N) is 2. The number of nitrogens with one attached hydrogen (secondary N) is 2. The predicted octanol–water partition coefficient (Wildman–Crippen LogP) is 6.56. The SMILES string of the molecule is CNC(=O)N(c1ccncc1)C(Cc1c[nH]c2ccccc12)C(=O)CCc1cc(C(F)(F)F)cc(C(F)(F)F)c1. The molecule has 4 aromatic rings. The average molecular weight is 563 g/mol. The third kappa shape index (κ3) is 6.44. The molecule has 0 aliphatic heterocycles. The molecule has 0 fully saturated rings. The van der Waals surface area contributed by atoms with Crippen LogP contribution in [0.25, 0.3) is 10.9 Å². The van der Waals surface area contributed by atoms with Gasteiger partial charge in [-0.2, -0.15) is 26.3 Å². The molecule has 2 amide bonds. The van der Waals surface area contributed by atoms with E-state index in [0.717, 1.165) is 10.9 Å². The van der Waals surface area contributed by atoms with E-state index in [9.17, 15) is 35.9 Å². The number of halogens is 6. The van der Waals surface area contributed by atoms with E-state index >= 15 is 0 Å². The number of urea groups is 1. The highest BCUT2D eigenvalue weighted by Gasteiger charge is 2.37. The Hall–Kier alpha value is -4.35. The summed E-state index contributed by atoms with van der Waals surface area (Å²) in [6.45, 7) is 0. The summed E-state index contributed by atoms with van der Waals surface area (Å²) in [7, 11) is 1.38. The number of hydrogen-bond donors (Lipinski definition) is 2. The number of benzene rings is 2. The number of Topliss-reactive ketones (excluding diaryl/α,β-unsaturated/α-hetero) is 1. The first-order valence-corrected chi connectivity index (χ1v) is 12.2. The van der Waals surface area contributed by atoms with Crippen molar-refractivity contribution in [2.45, 2.75) is 37.7 Å². The summed E-state index contributed by atoms with van der Waals surface area (Å²) >= 11 is 0. The fraction of sp³-hybridized carbons (Fsp3) is 0.250. The monoisotopic (exact) mass is 562 g/mol. The van der Waals surface area contributed by atoms with Crippen molar-refractivity contribution in [3.8, 4) is 0 Å². The van der Waals surface area contributed by atoms with Gasteiger partial charge in [0.25, 0.3) is 0 Å². The van der Waals surface area contributed by atoms with Crippen LogP contribution in [0.4, 0.5) is 36.8 Å². The van der Waals surface area contributed by atoms with Gasteiger partial charge in [-0.1, -0.05) is 18.2 Å². The lowest BCUT2D eigenvalue weighted by molar-refractivity contribution is -0.143. The van der Waals surface area contributed by atoms with Crippen molar-refractivity contribution in [3.05, 3.63) is 95.4 Å². The number of carbonyl (C=O) groups is 2. The molecule has 0 radical (unpaired) electrons. The van der Waals surface area contributed by atoms with Crippen LogP contribution < -0.4 is 10.2 Å². The molecule has 6 nitrogen and oxygen atoms in total. The van der Waals surface area contributed by atoms with E-state index in [1.54, 1.807) is 6.20 Å². The lowest BCUT2D eigenvalue weighted by Gasteiger charge is -2.30. The Morgan fingerprint density at radius 1 is 0.950 bits per heavy atom. The molecular formula is C28H24F6N4O2. The highest BCUT2D eigenvalue weighted by atomic mass is 19.4. The maximum atomic E-state index is 13.7. The summed E-state index contributed by atoms with van der Waals surface area (Å²) in [5.74, 6) is -0.545. The minimum absolute atomic E-state index is 0.0367. The molecule has 12 heteroatoms. The van der Waals surface area contributed by atoms with Gasteiger partial charge in [-0.05, 0) is 53.9 Å². The lowest BCUT2D eigenvalue weighted by Crippen LogP contribution is -2.50. The number of amides is 2. The van der Waals surface area contributed by atoms with Crippen molar-refractivity contribution in [1.82, 2.24) is 15.3 Å². The minimum atomic E-state index is -5.00. The second-order valence-corrected chi connectivity index (χ2v) is 9.09. The van der Waals surface area contributed by atoms with Crippen molar-refractivity contribution < 1.29 is 35.9 Å². The van der Waals surface area contributed by atoms with Crippen LogP contribution in [0.2, 0.25) is 0 Å². The fourth-order valence-corrected chi connectivity index (χ4v) is 4.52. The number of ketones is 1. The fourth-order valence-electron chi connectivity index (χ4n) is 4.52. The third-order valence-electron chi connectivity index (χ3n) is 6.45. The van der Waals surface area contributed by atoms with Crippen LogP contribution in [0.1, 0.15) is 28.7 Å². The van der Waals surface area contributed by atoms with Crippen LogP contribution in [0.3, 0.4) is 0 Å². The first-order chi connectivity index (χ1) is 18.9. The van der Waals surface area contributed by atoms with Crippen LogP contribution >= 0.6 is 0 Å². The average Bonchev–Trinajstić information content (AvgIpc) is 3.33. The van der Waals surface area contributed by atoms with Gasteiger partial charge in [0.15, 0.2) is 5.78 Å². The number of aryl methyl sites for hydroxylation is 1. The highest BCUT2D eigenvalue weighted by Crippen LogP contribution is 2.36. The van der Waals surface area contributed by atoms with Crippen LogP contribution in [-0.2, 0) is 30.0 Å². The van der Waals surface area contributed by atoms with Crippen molar-refractivity contribution in [2.75, 3.05) is 11.9 Å². The third-order valence-corrected chi connectivity index (χ3v) is 6.45. The first kappa shape index (κ1) is 28.7. The van der Waals surface area contributed by atoms with E-state index in [-0.39, 0.29) is 18.1 Å². The minimum Gasteiger partial charge on any atom is -0.361 e. The van der Waals surface area contributed by atoms with Gasteiger partial charge in [-0.3, -0.25) is 14.7 Å². The number of para-hydroxylation sites is 1. The number of fused-ring (bicyclic) bond motifs is 1. The van der Waals surface area contributed by atoms with Gasteiger partial charge >= 0.3 is 18.4 Å². The number of H-pyrrole nitrogens is 1. The topological polar surface area (TPSA) is 78.1 Å². The van der Waals surface area contributed by atoms with Crippen molar-refractivity contribution >= 4 is 28.4 Å². The summed E-state index contributed by atoms with van der Waals surface area (Å²) in [6, 6.07) is 9.85. The second kappa shape index (κ2) is 11.4. The van der Waals surface area contributed by atoms with Gasteiger partial charge in [-0.15, -0.1) is 0 Å². The Kier molecular flexibility index (Phi) is 8.17. The molecule has 0 saturated heterocycles. The summed E-state index contributed by atoms with van der Waals surface area (Å²) < 4.78 is 80.0. The zero-order valence-electron chi connectivity index (χ0n) is 21.1. The van der Waals surface area contributed by atoms with Crippen LogP contribution in [0.15, 0.2) is 73.2 Å². The van der Waals surface area contributed by atoms with Gasteiger partial charge < -0.3 is 10.3 Å². The van der Waals surface area contributed by atoms with E-state index in [4.69, 9.17) is 0 Å². The highest BCUT2D eigenvalue weighted by molar-refractivity contribution is 6.01. The van der Waals surface area contributed by atoms with Gasteiger partial charge in [0.2, 0.25) is 0 Å². The molecule has 2 heterocycles. The molecular weight excluding hydrogens is 538 g/mol. The molecule has 0 aliphatic rings. The van der Waals surface area contributed by atoms with Crippen LogP contribution in [-0.4, -0.2) is 34.9 Å². The van der Waals surface area contributed by atoms with Gasteiger partial charge in [0, 0.05) is 55.1 Å². The zero-order valence-corrected chi connectivity index (χ0v) is 21.1. The number of anilines is 1. The van der Waals surface area contributed by atoms with Crippen molar-refractivity contribution in [2.24, 2.45) is 0 Å². The largest absolute Gasteiger partial charge is 0.416 e. The quantitative estimate of drug-likeness (QED) is 0.239. The number of hydrogen-bond acceptors (Lipinski definition) is 3. The van der Waals surface area contributed by atoms with Crippen molar-refractivity contribution in [3.63, 3.8) is 0 Å². The van der Waals surface area contributed by atoms with Gasteiger partial charge in [0.05, 0.1) is 11.1 Å². The first-order valence-electron chi connectivity index (χ1n) is 12.2. The Morgan fingerprint density at radius 2 is 1.57 bits per heavy atom. The molecule has 1 unspecified atom stereocenters. The molecule has 0 bridgehead atoms. The molecule has 2 N–H and O–H groups in total. The smallest absolute Gasteiger partial charge is 0.361 e. The Labute approximate surface area is 225 Å². The van der Waals surface area contributed by atoms with Gasteiger partial charge in [-0.25, -0.2) is 4.79 Å².